The van der Waals surface area contributed by atoms with Gasteiger partial charge in [-0.05, 0) is 38.1 Å². The van der Waals surface area contributed by atoms with Gasteiger partial charge < -0.3 is 9.88 Å². The van der Waals surface area contributed by atoms with E-state index in [4.69, 9.17) is 11.6 Å². The minimum Gasteiger partial charge on any atom is -0.378 e. The van der Waals surface area contributed by atoms with Crippen LogP contribution in [0.1, 0.15) is 18.3 Å². The quantitative estimate of drug-likeness (QED) is 0.841. The number of rotatable bonds is 4. The lowest BCUT2D eigenvalue weighted by atomic mass is 10.3. The lowest BCUT2D eigenvalue weighted by Crippen LogP contribution is -2.07. The Kier molecular flexibility index (Phi) is 3.69. The van der Waals surface area contributed by atoms with Crippen molar-refractivity contribution in [2.75, 3.05) is 5.32 Å². The molecule has 2 rings (SSSR count). The molecule has 1 N–H and O–H groups in total. The van der Waals surface area contributed by atoms with Crippen molar-refractivity contribution in [3.8, 4) is 0 Å². The molecule has 90 valence electrons. The van der Waals surface area contributed by atoms with Crippen LogP contribution in [-0.4, -0.2) is 9.55 Å². The molecule has 0 atom stereocenters. The lowest BCUT2D eigenvalue weighted by molar-refractivity contribution is 0.724. The van der Waals surface area contributed by atoms with E-state index < -0.39 is 0 Å². The van der Waals surface area contributed by atoms with Crippen molar-refractivity contribution >= 4 is 17.3 Å². The summed E-state index contributed by atoms with van der Waals surface area (Å²) in [7, 11) is 0. The van der Waals surface area contributed by atoms with Crippen LogP contribution in [0.25, 0.3) is 0 Å². The SMILES string of the molecule is CCn1cccc1CNc1ccc(Cl)nc1C. The molecule has 0 saturated heterocycles. The molecule has 0 aromatic carbocycles. The number of nitrogens with zero attached hydrogens (tertiary/aromatic N) is 2. The normalized spacial score (nSPS) is 10.5. The molecule has 0 radical (unpaired) electrons. The molecular weight excluding hydrogens is 234 g/mol. The molecule has 0 aliphatic rings. The van der Waals surface area contributed by atoms with Gasteiger partial charge in [-0.3, -0.25) is 0 Å². The largest absolute Gasteiger partial charge is 0.378 e. The Morgan fingerprint density at radius 1 is 1.35 bits per heavy atom. The Labute approximate surface area is 106 Å². The number of anilines is 1. The van der Waals surface area contributed by atoms with Gasteiger partial charge in [0.1, 0.15) is 5.15 Å². The van der Waals surface area contributed by atoms with Gasteiger partial charge in [-0.1, -0.05) is 11.6 Å². The number of hydrogen-bond acceptors (Lipinski definition) is 2. The molecule has 3 nitrogen and oxygen atoms in total. The Balaban J connectivity index is 2.07. The Hall–Kier alpha value is -1.48. The first-order chi connectivity index (χ1) is 8.20. The van der Waals surface area contributed by atoms with Gasteiger partial charge in [-0.15, -0.1) is 0 Å². The van der Waals surface area contributed by atoms with Crippen LogP contribution in [0.3, 0.4) is 0 Å². The maximum absolute atomic E-state index is 5.82. The average molecular weight is 250 g/mol. The monoisotopic (exact) mass is 249 g/mol. The van der Waals surface area contributed by atoms with Crippen molar-refractivity contribution in [1.82, 2.24) is 9.55 Å². The Morgan fingerprint density at radius 2 is 2.18 bits per heavy atom. The first-order valence-electron chi connectivity index (χ1n) is 5.71. The molecule has 2 heterocycles. The van der Waals surface area contributed by atoms with Crippen LogP contribution in [0.15, 0.2) is 30.5 Å². The van der Waals surface area contributed by atoms with Gasteiger partial charge in [-0.2, -0.15) is 0 Å². The van der Waals surface area contributed by atoms with E-state index in [1.165, 1.54) is 5.69 Å². The fourth-order valence-electron chi connectivity index (χ4n) is 1.82. The van der Waals surface area contributed by atoms with Crippen LogP contribution in [-0.2, 0) is 13.1 Å². The third kappa shape index (κ3) is 2.80. The maximum atomic E-state index is 5.82. The molecule has 2 aromatic rings. The van der Waals surface area contributed by atoms with Gasteiger partial charge >= 0.3 is 0 Å². The topological polar surface area (TPSA) is 29.9 Å². The summed E-state index contributed by atoms with van der Waals surface area (Å²) in [5.41, 5.74) is 3.22. The van der Waals surface area contributed by atoms with E-state index >= 15 is 0 Å². The third-order valence-electron chi connectivity index (χ3n) is 2.78. The molecule has 0 bridgehead atoms. The van der Waals surface area contributed by atoms with Crippen molar-refractivity contribution < 1.29 is 0 Å². The first-order valence-corrected chi connectivity index (χ1v) is 6.09. The van der Waals surface area contributed by atoms with E-state index in [9.17, 15) is 0 Å². The lowest BCUT2D eigenvalue weighted by Gasteiger charge is -2.11. The predicted molar refractivity (Wildman–Crippen MR) is 71.4 cm³/mol. The zero-order valence-electron chi connectivity index (χ0n) is 10.1. The summed E-state index contributed by atoms with van der Waals surface area (Å²) in [6.07, 6.45) is 2.09. The summed E-state index contributed by atoms with van der Waals surface area (Å²) >= 11 is 5.82. The van der Waals surface area contributed by atoms with Gasteiger partial charge in [0.05, 0.1) is 17.9 Å². The molecular formula is C13H16ClN3. The smallest absolute Gasteiger partial charge is 0.129 e. The van der Waals surface area contributed by atoms with Crippen LogP contribution >= 0.6 is 11.6 Å². The fourth-order valence-corrected chi connectivity index (χ4v) is 2.01. The molecule has 0 aliphatic heterocycles. The summed E-state index contributed by atoms with van der Waals surface area (Å²) < 4.78 is 2.21. The Morgan fingerprint density at radius 3 is 2.88 bits per heavy atom. The third-order valence-corrected chi connectivity index (χ3v) is 2.99. The van der Waals surface area contributed by atoms with Crippen LogP contribution in [0, 0.1) is 6.92 Å². The molecule has 2 aromatic heterocycles. The van der Waals surface area contributed by atoms with Gasteiger partial charge in [-0.25, -0.2) is 4.98 Å². The van der Waals surface area contributed by atoms with Crippen molar-refractivity contribution in [2.24, 2.45) is 0 Å². The summed E-state index contributed by atoms with van der Waals surface area (Å²) in [5.74, 6) is 0. The zero-order chi connectivity index (χ0) is 12.3. The van der Waals surface area contributed by atoms with Gasteiger partial charge in [0.25, 0.3) is 0 Å². The second kappa shape index (κ2) is 5.23. The molecule has 4 heteroatoms. The van der Waals surface area contributed by atoms with Crippen LogP contribution in [0.5, 0.6) is 0 Å². The number of aromatic nitrogens is 2. The predicted octanol–water partition coefficient (Wildman–Crippen LogP) is 3.48. The van der Waals surface area contributed by atoms with E-state index in [0.717, 1.165) is 24.5 Å². The van der Waals surface area contributed by atoms with Crippen LogP contribution in [0.2, 0.25) is 5.15 Å². The standard InChI is InChI=1S/C13H16ClN3/c1-3-17-8-4-5-11(17)9-15-12-6-7-13(14)16-10(12)2/h4-8,15H,3,9H2,1-2H3. The van der Waals surface area contributed by atoms with E-state index in [-0.39, 0.29) is 0 Å². The number of aryl methyl sites for hydroxylation is 2. The summed E-state index contributed by atoms with van der Waals surface area (Å²) in [6.45, 7) is 5.87. The number of hydrogen-bond donors (Lipinski definition) is 1. The van der Waals surface area contributed by atoms with E-state index in [0.29, 0.717) is 5.15 Å². The number of pyridine rings is 1. The van der Waals surface area contributed by atoms with Crippen LogP contribution < -0.4 is 5.32 Å². The molecule has 0 unspecified atom stereocenters. The van der Waals surface area contributed by atoms with Crippen LogP contribution in [0.4, 0.5) is 5.69 Å². The average Bonchev–Trinajstić information content (AvgIpc) is 2.75. The Bertz CT molecular complexity index is 505. The van der Waals surface area contributed by atoms with Crippen molar-refractivity contribution in [1.29, 1.82) is 0 Å². The van der Waals surface area contributed by atoms with E-state index in [2.05, 4.69) is 40.1 Å². The second-order valence-corrected chi connectivity index (χ2v) is 4.29. The zero-order valence-corrected chi connectivity index (χ0v) is 10.8. The van der Waals surface area contributed by atoms with Crippen molar-refractivity contribution in [3.63, 3.8) is 0 Å². The van der Waals surface area contributed by atoms with E-state index in [1.807, 2.05) is 13.0 Å². The molecule has 0 saturated carbocycles. The summed E-state index contributed by atoms with van der Waals surface area (Å²) in [5, 5.41) is 3.91. The second-order valence-electron chi connectivity index (χ2n) is 3.91. The minimum atomic E-state index is 0.532. The molecule has 17 heavy (non-hydrogen) atoms. The van der Waals surface area contributed by atoms with Gasteiger partial charge in [0.15, 0.2) is 0 Å². The number of nitrogens with one attached hydrogen (secondary N) is 1. The minimum absolute atomic E-state index is 0.532. The summed E-state index contributed by atoms with van der Waals surface area (Å²) in [4.78, 5) is 4.21. The molecule has 0 aliphatic carbocycles. The highest BCUT2D eigenvalue weighted by atomic mass is 35.5. The highest BCUT2D eigenvalue weighted by Gasteiger charge is 2.02. The highest BCUT2D eigenvalue weighted by molar-refractivity contribution is 6.29. The van der Waals surface area contributed by atoms with Gasteiger partial charge in [0.2, 0.25) is 0 Å². The molecule has 0 spiro atoms. The first kappa shape index (κ1) is 12.0. The van der Waals surface area contributed by atoms with Gasteiger partial charge in [0, 0.05) is 18.4 Å². The van der Waals surface area contributed by atoms with E-state index in [1.54, 1.807) is 6.07 Å². The van der Waals surface area contributed by atoms with Crippen molar-refractivity contribution in [2.45, 2.75) is 26.9 Å². The fraction of sp³-hybridized carbons (Fsp3) is 0.308. The van der Waals surface area contributed by atoms with Crippen molar-refractivity contribution in [3.05, 3.63) is 47.0 Å². The highest BCUT2D eigenvalue weighted by Crippen LogP contribution is 2.16. The molecule has 0 fully saturated rings. The maximum Gasteiger partial charge on any atom is 0.129 e. The molecule has 0 amide bonds. The summed E-state index contributed by atoms with van der Waals surface area (Å²) in [6, 6.07) is 7.95. The number of halogens is 1.